The lowest BCUT2D eigenvalue weighted by atomic mass is 10.0. The van der Waals surface area contributed by atoms with Gasteiger partial charge in [-0.1, -0.05) is 29.4 Å². The van der Waals surface area contributed by atoms with E-state index in [4.69, 9.17) is 49.8 Å². The number of rotatable bonds is 8. The highest BCUT2D eigenvalue weighted by Crippen LogP contribution is 2.12. The normalized spacial score (nSPS) is 12.4. The second-order valence-corrected chi connectivity index (χ2v) is 6.95. The summed E-state index contributed by atoms with van der Waals surface area (Å²) in [6.07, 6.45) is 4.60. The zero-order valence-corrected chi connectivity index (χ0v) is 21.4. The smallest absolute Gasteiger partial charge is 0.300 e. The Morgan fingerprint density at radius 2 is 1.00 bits per heavy atom. The standard InChI is InChI=1S/C15H26O4.4C2H4O2/c1-11(6-7-16)8-14(18)9-13(3)15(19)5-4-12(2)10-17;4*1-2(3)4/h4,6,9,14-19H,5,7-8,10H2,1-3H3;4*1H3,(H,3,4). The predicted molar refractivity (Wildman–Crippen MR) is 130 cm³/mol. The molecule has 0 aromatic rings. The third-order valence-electron chi connectivity index (χ3n) is 2.89. The molecule has 35 heavy (non-hydrogen) atoms. The van der Waals surface area contributed by atoms with Crippen molar-refractivity contribution < 1.29 is 60.0 Å². The Balaban J connectivity index is -0.000000151. The average Bonchev–Trinajstić information content (AvgIpc) is 2.63. The van der Waals surface area contributed by atoms with E-state index in [1.54, 1.807) is 32.1 Å². The van der Waals surface area contributed by atoms with Crippen molar-refractivity contribution in [3.63, 3.8) is 0 Å². The lowest BCUT2D eigenvalue weighted by molar-refractivity contribution is -0.135. The molecule has 0 aliphatic heterocycles. The van der Waals surface area contributed by atoms with Gasteiger partial charge >= 0.3 is 0 Å². The van der Waals surface area contributed by atoms with Gasteiger partial charge in [-0.2, -0.15) is 0 Å². The van der Waals surface area contributed by atoms with Crippen molar-refractivity contribution >= 4 is 23.9 Å². The summed E-state index contributed by atoms with van der Waals surface area (Å²) in [7, 11) is 0. The van der Waals surface area contributed by atoms with Crippen LogP contribution in [0, 0.1) is 0 Å². The molecule has 0 aliphatic carbocycles. The molecule has 0 bridgehead atoms. The molecule has 0 heterocycles. The van der Waals surface area contributed by atoms with Crippen LogP contribution in [0.25, 0.3) is 0 Å². The Kier molecular flexibility index (Phi) is 34.9. The van der Waals surface area contributed by atoms with Gasteiger partial charge in [0.15, 0.2) is 0 Å². The monoisotopic (exact) mass is 510 g/mol. The molecule has 12 nitrogen and oxygen atoms in total. The highest BCUT2D eigenvalue weighted by Gasteiger charge is 2.08. The number of carboxylic acid groups (broad SMARTS) is 4. The lowest BCUT2D eigenvalue weighted by Gasteiger charge is -2.13. The van der Waals surface area contributed by atoms with Gasteiger partial charge in [0, 0.05) is 27.7 Å². The van der Waals surface area contributed by atoms with Crippen molar-refractivity contribution in [1.82, 2.24) is 0 Å². The first kappa shape index (κ1) is 42.1. The quantitative estimate of drug-likeness (QED) is 0.218. The predicted octanol–water partition coefficient (Wildman–Crippen LogP) is 1.68. The van der Waals surface area contributed by atoms with Crippen LogP contribution in [0.3, 0.4) is 0 Å². The summed E-state index contributed by atoms with van der Waals surface area (Å²) in [5, 5.41) is 67.0. The van der Waals surface area contributed by atoms with Gasteiger partial charge in [0.1, 0.15) is 0 Å². The van der Waals surface area contributed by atoms with E-state index >= 15 is 0 Å². The molecular formula is C23H42O12. The van der Waals surface area contributed by atoms with Gasteiger partial charge in [-0.3, -0.25) is 19.2 Å². The van der Waals surface area contributed by atoms with E-state index in [0.29, 0.717) is 18.4 Å². The Morgan fingerprint density at radius 3 is 1.29 bits per heavy atom. The molecule has 0 radical (unpaired) electrons. The van der Waals surface area contributed by atoms with Crippen LogP contribution >= 0.6 is 0 Å². The molecule has 0 spiro atoms. The highest BCUT2D eigenvalue weighted by molar-refractivity contribution is 5.63. The molecule has 0 saturated carbocycles. The van der Waals surface area contributed by atoms with Crippen molar-refractivity contribution in [3.8, 4) is 0 Å². The van der Waals surface area contributed by atoms with Crippen LogP contribution in [0.15, 0.2) is 34.9 Å². The maximum absolute atomic E-state index is 9.89. The molecule has 2 unspecified atom stereocenters. The number of aliphatic hydroxyl groups is 4. The Morgan fingerprint density at radius 1 is 0.657 bits per heavy atom. The van der Waals surface area contributed by atoms with Crippen molar-refractivity contribution in [2.24, 2.45) is 0 Å². The molecule has 0 rings (SSSR count). The van der Waals surface area contributed by atoms with Gasteiger partial charge in [0.05, 0.1) is 25.4 Å². The van der Waals surface area contributed by atoms with E-state index in [0.717, 1.165) is 38.8 Å². The number of aliphatic hydroxyl groups excluding tert-OH is 4. The van der Waals surface area contributed by atoms with Crippen molar-refractivity contribution in [1.29, 1.82) is 0 Å². The van der Waals surface area contributed by atoms with E-state index in [-0.39, 0.29) is 13.2 Å². The summed E-state index contributed by atoms with van der Waals surface area (Å²) >= 11 is 0. The largest absolute Gasteiger partial charge is 0.481 e. The number of hydrogen-bond donors (Lipinski definition) is 8. The number of aliphatic carboxylic acids is 4. The SMILES string of the molecule is CC(=CCC(O)C(C)=CC(O)CC(C)=CCO)CO.CC(=O)O.CC(=O)O.CC(=O)O.CC(=O)O. The fourth-order valence-electron chi connectivity index (χ4n) is 1.61. The summed E-state index contributed by atoms with van der Waals surface area (Å²) in [4.78, 5) is 36.0. The average molecular weight is 511 g/mol. The summed E-state index contributed by atoms with van der Waals surface area (Å²) in [5.41, 5.74) is 2.42. The Bertz CT molecular complexity index is 614. The molecule has 0 aromatic carbocycles. The van der Waals surface area contributed by atoms with Crippen LogP contribution in [0.4, 0.5) is 0 Å². The summed E-state index contributed by atoms with van der Waals surface area (Å²) < 4.78 is 0. The molecule has 8 N–H and O–H groups in total. The zero-order chi connectivity index (χ0) is 29.1. The van der Waals surface area contributed by atoms with Crippen LogP contribution in [0.1, 0.15) is 61.3 Å². The molecular weight excluding hydrogens is 468 g/mol. The third kappa shape index (κ3) is 72.2. The Labute approximate surface area is 206 Å². The summed E-state index contributed by atoms with van der Waals surface area (Å²) in [6, 6.07) is 0. The van der Waals surface area contributed by atoms with Crippen molar-refractivity contribution in [2.45, 2.75) is 73.5 Å². The molecule has 0 aromatic heterocycles. The van der Waals surface area contributed by atoms with E-state index < -0.39 is 36.1 Å². The van der Waals surface area contributed by atoms with Crippen LogP contribution in [0.5, 0.6) is 0 Å². The lowest BCUT2D eigenvalue weighted by Crippen LogP contribution is -2.12. The first-order valence-corrected chi connectivity index (χ1v) is 10.2. The molecule has 2 atom stereocenters. The van der Waals surface area contributed by atoms with Crippen LogP contribution in [-0.4, -0.2) is 90.2 Å². The number of carboxylic acids is 4. The maximum Gasteiger partial charge on any atom is 0.300 e. The fourth-order valence-corrected chi connectivity index (χ4v) is 1.61. The number of carbonyl (C=O) groups is 4. The Hall–Kier alpha value is -3.06. The molecule has 0 amide bonds. The summed E-state index contributed by atoms with van der Waals surface area (Å²) in [5.74, 6) is -3.33. The van der Waals surface area contributed by atoms with Crippen LogP contribution in [0.2, 0.25) is 0 Å². The van der Waals surface area contributed by atoms with Gasteiger partial charge in [0.25, 0.3) is 23.9 Å². The highest BCUT2D eigenvalue weighted by atomic mass is 16.4. The van der Waals surface area contributed by atoms with E-state index in [1.807, 2.05) is 6.92 Å². The zero-order valence-electron chi connectivity index (χ0n) is 21.4. The topological polar surface area (TPSA) is 230 Å². The molecule has 206 valence electrons. The maximum atomic E-state index is 9.89. The van der Waals surface area contributed by atoms with Crippen LogP contribution < -0.4 is 0 Å². The minimum absolute atomic E-state index is 0.0107. The first-order chi connectivity index (χ1) is 15.8. The first-order valence-electron chi connectivity index (χ1n) is 10.2. The molecule has 0 aliphatic rings. The molecule has 12 heteroatoms. The minimum Gasteiger partial charge on any atom is -0.481 e. The fraction of sp³-hybridized carbons (Fsp3) is 0.565. The van der Waals surface area contributed by atoms with Gasteiger partial charge in [-0.05, 0) is 39.2 Å². The van der Waals surface area contributed by atoms with Gasteiger partial charge in [-0.25, -0.2) is 0 Å². The van der Waals surface area contributed by atoms with Gasteiger partial charge in [-0.15, -0.1) is 0 Å². The van der Waals surface area contributed by atoms with Crippen molar-refractivity contribution in [2.75, 3.05) is 13.2 Å². The van der Waals surface area contributed by atoms with E-state index in [2.05, 4.69) is 0 Å². The van der Waals surface area contributed by atoms with Crippen LogP contribution in [-0.2, 0) is 19.2 Å². The minimum atomic E-state index is -0.833. The number of hydrogen-bond acceptors (Lipinski definition) is 8. The molecule has 0 saturated heterocycles. The van der Waals surface area contributed by atoms with Gasteiger partial charge < -0.3 is 40.9 Å². The third-order valence-corrected chi connectivity index (χ3v) is 2.89. The van der Waals surface area contributed by atoms with Crippen molar-refractivity contribution in [3.05, 3.63) is 34.9 Å². The second-order valence-electron chi connectivity index (χ2n) is 6.95. The summed E-state index contributed by atoms with van der Waals surface area (Å²) in [6.45, 7) is 9.69. The van der Waals surface area contributed by atoms with E-state index in [9.17, 15) is 10.2 Å². The second kappa shape index (κ2) is 29.0. The van der Waals surface area contributed by atoms with E-state index in [1.165, 1.54) is 0 Å². The molecule has 0 fully saturated rings. The van der Waals surface area contributed by atoms with Gasteiger partial charge in [0.2, 0.25) is 0 Å².